The van der Waals surface area contributed by atoms with Gasteiger partial charge >= 0.3 is 0 Å². The Hall–Kier alpha value is -2.23. The van der Waals surface area contributed by atoms with Crippen LogP contribution in [0.4, 0.5) is 8.78 Å². The summed E-state index contributed by atoms with van der Waals surface area (Å²) in [4.78, 5) is 12.2. The van der Waals surface area contributed by atoms with E-state index in [1.165, 1.54) is 30.3 Å². The Morgan fingerprint density at radius 3 is 2.50 bits per heavy atom. The lowest BCUT2D eigenvalue weighted by Gasteiger charge is -2.05. The van der Waals surface area contributed by atoms with Gasteiger partial charge in [0.1, 0.15) is 24.0 Å². The maximum absolute atomic E-state index is 13.2. The second kappa shape index (κ2) is 3.91. The van der Waals surface area contributed by atoms with E-state index in [1.807, 2.05) is 0 Å². The molecule has 0 atom stereocenters. The lowest BCUT2D eigenvalue weighted by Crippen LogP contribution is -2.03. The summed E-state index contributed by atoms with van der Waals surface area (Å²) >= 11 is 0. The van der Waals surface area contributed by atoms with Crippen LogP contribution < -0.4 is 4.74 Å². The second-order valence-electron chi connectivity index (χ2n) is 4.06. The van der Waals surface area contributed by atoms with Gasteiger partial charge in [-0.25, -0.2) is 8.78 Å². The van der Waals surface area contributed by atoms with Crippen LogP contribution in [0.5, 0.6) is 5.75 Å². The van der Waals surface area contributed by atoms with Gasteiger partial charge in [0.2, 0.25) is 0 Å². The van der Waals surface area contributed by atoms with E-state index in [2.05, 4.69) is 0 Å². The number of hydrogen-bond donors (Lipinski definition) is 0. The van der Waals surface area contributed by atoms with E-state index in [4.69, 9.17) is 4.74 Å². The number of fused-ring (bicyclic) bond motifs is 2. The van der Waals surface area contributed by atoms with Crippen LogP contribution in [-0.2, 0) is 6.61 Å². The Labute approximate surface area is 102 Å². The molecule has 0 N–H and O–H groups in total. The van der Waals surface area contributed by atoms with Crippen molar-refractivity contribution in [2.45, 2.75) is 6.61 Å². The molecule has 0 radical (unpaired) electrons. The maximum Gasteiger partial charge on any atom is 0.197 e. The topological polar surface area (TPSA) is 26.3 Å². The van der Waals surface area contributed by atoms with Crippen molar-refractivity contribution in [3.63, 3.8) is 0 Å². The highest BCUT2D eigenvalue weighted by Gasteiger charge is 2.22. The number of carbonyl (C=O) groups excluding carboxylic acids is 1. The number of ketones is 1. The Kier molecular flexibility index (Phi) is 2.37. The molecule has 2 nitrogen and oxygen atoms in total. The van der Waals surface area contributed by atoms with Gasteiger partial charge in [0.15, 0.2) is 5.78 Å². The zero-order chi connectivity index (χ0) is 12.7. The largest absolute Gasteiger partial charge is 0.488 e. The van der Waals surface area contributed by atoms with E-state index < -0.39 is 11.6 Å². The lowest BCUT2D eigenvalue weighted by atomic mass is 9.99. The van der Waals surface area contributed by atoms with Gasteiger partial charge in [-0.3, -0.25) is 4.79 Å². The Morgan fingerprint density at radius 2 is 1.67 bits per heavy atom. The number of benzene rings is 2. The van der Waals surface area contributed by atoms with Crippen LogP contribution >= 0.6 is 0 Å². The van der Waals surface area contributed by atoms with Crippen molar-refractivity contribution >= 4 is 5.78 Å². The molecule has 2 aromatic carbocycles. The van der Waals surface area contributed by atoms with Gasteiger partial charge in [-0.15, -0.1) is 0 Å². The Morgan fingerprint density at radius 1 is 0.944 bits per heavy atom. The highest BCUT2D eigenvalue weighted by Crippen LogP contribution is 2.29. The Bertz CT molecular complexity index is 650. The predicted molar refractivity (Wildman–Crippen MR) is 60.6 cm³/mol. The van der Waals surface area contributed by atoms with Crippen molar-refractivity contribution in [3.8, 4) is 5.75 Å². The van der Waals surface area contributed by atoms with Crippen molar-refractivity contribution in [2.75, 3.05) is 0 Å². The van der Waals surface area contributed by atoms with E-state index >= 15 is 0 Å². The van der Waals surface area contributed by atoms with Crippen LogP contribution in [0, 0.1) is 11.6 Å². The van der Waals surface area contributed by atoms with Crippen molar-refractivity contribution in [3.05, 3.63) is 64.7 Å². The van der Waals surface area contributed by atoms with Crippen molar-refractivity contribution < 1.29 is 18.3 Å². The third-order valence-electron chi connectivity index (χ3n) is 2.88. The molecule has 4 heteroatoms. The number of halogens is 2. The van der Waals surface area contributed by atoms with Gasteiger partial charge < -0.3 is 4.74 Å². The third kappa shape index (κ3) is 1.66. The molecular formula is C14H8F2O2. The molecule has 2 aromatic rings. The number of carbonyl (C=O) groups is 1. The first-order valence-electron chi connectivity index (χ1n) is 5.40. The van der Waals surface area contributed by atoms with E-state index in [9.17, 15) is 13.6 Å². The smallest absolute Gasteiger partial charge is 0.197 e. The van der Waals surface area contributed by atoms with E-state index in [-0.39, 0.29) is 18.0 Å². The zero-order valence-corrected chi connectivity index (χ0v) is 9.24. The van der Waals surface area contributed by atoms with Crippen LogP contribution in [0.25, 0.3) is 0 Å². The molecule has 0 saturated carbocycles. The average molecular weight is 246 g/mol. The van der Waals surface area contributed by atoms with E-state index in [0.29, 0.717) is 16.9 Å². The minimum absolute atomic E-state index is 0.0947. The molecule has 18 heavy (non-hydrogen) atoms. The quantitative estimate of drug-likeness (QED) is 0.714. The Balaban J connectivity index is 2.20. The van der Waals surface area contributed by atoms with Crippen molar-refractivity contribution in [2.24, 2.45) is 0 Å². The molecule has 0 amide bonds. The van der Waals surface area contributed by atoms with Crippen molar-refractivity contribution in [1.82, 2.24) is 0 Å². The van der Waals surface area contributed by atoms with Gasteiger partial charge in [-0.05, 0) is 36.4 Å². The maximum atomic E-state index is 13.2. The summed E-state index contributed by atoms with van der Waals surface area (Å²) in [6.45, 7) is 0.0947. The standard InChI is InChI=1S/C14H8F2O2/c15-9-1-3-11-8(5-9)7-18-13-4-2-10(16)6-12(13)14(11)17/h1-6H,7H2. The van der Waals surface area contributed by atoms with Gasteiger partial charge in [-0.1, -0.05) is 0 Å². The van der Waals surface area contributed by atoms with Crippen LogP contribution in [-0.4, -0.2) is 5.78 Å². The zero-order valence-electron chi connectivity index (χ0n) is 9.24. The monoisotopic (exact) mass is 246 g/mol. The summed E-state index contributed by atoms with van der Waals surface area (Å²) in [6, 6.07) is 7.64. The molecule has 0 aliphatic carbocycles. The molecule has 0 unspecified atom stereocenters. The third-order valence-corrected chi connectivity index (χ3v) is 2.88. The van der Waals surface area contributed by atoms with Gasteiger partial charge in [0, 0.05) is 11.1 Å². The molecule has 1 aliphatic heterocycles. The number of ether oxygens (including phenoxy) is 1. The molecule has 0 fully saturated rings. The van der Waals surface area contributed by atoms with Crippen molar-refractivity contribution in [1.29, 1.82) is 0 Å². The summed E-state index contributed by atoms with van der Waals surface area (Å²) in [5, 5.41) is 0. The summed E-state index contributed by atoms with van der Waals surface area (Å²) in [5.41, 5.74) is 0.984. The summed E-state index contributed by atoms with van der Waals surface area (Å²) < 4.78 is 31.7. The van der Waals surface area contributed by atoms with Gasteiger partial charge in [-0.2, -0.15) is 0 Å². The molecule has 3 rings (SSSR count). The van der Waals surface area contributed by atoms with Crippen LogP contribution in [0.15, 0.2) is 36.4 Å². The molecule has 1 heterocycles. The summed E-state index contributed by atoms with van der Waals surface area (Å²) in [7, 11) is 0. The highest BCUT2D eigenvalue weighted by atomic mass is 19.1. The normalized spacial score (nSPS) is 13.3. The summed E-state index contributed by atoms with van der Waals surface area (Å²) in [6.07, 6.45) is 0. The lowest BCUT2D eigenvalue weighted by molar-refractivity contribution is 0.103. The first kappa shape index (κ1) is 10.9. The first-order valence-corrected chi connectivity index (χ1v) is 5.40. The molecule has 0 bridgehead atoms. The molecule has 0 spiro atoms. The highest BCUT2D eigenvalue weighted by molar-refractivity contribution is 6.11. The molecule has 0 saturated heterocycles. The van der Waals surface area contributed by atoms with E-state index in [1.54, 1.807) is 0 Å². The molecule has 0 aromatic heterocycles. The number of rotatable bonds is 0. The fourth-order valence-corrected chi connectivity index (χ4v) is 2.01. The second-order valence-corrected chi connectivity index (χ2v) is 4.06. The fourth-order valence-electron chi connectivity index (χ4n) is 2.01. The minimum Gasteiger partial charge on any atom is -0.488 e. The summed E-state index contributed by atoms with van der Waals surface area (Å²) in [5.74, 6) is -0.964. The molecule has 1 aliphatic rings. The fraction of sp³-hybridized carbons (Fsp3) is 0.0714. The predicted octanol–water partition coefficient (Wildman–Crippen LogP) is 3.09. The SMILES string of the molecule is O=C1c2ccc(F)cc2COc2ccc(F)cc21. The van der Waals surface area contributed by atoms with E-state index in [0.717, 1.165) is 6.07 Å². The van der Waals surface area contributed by atoms with Crippen LogP contribution in [0.2, 0.25) is 0 Å². The molecule has 90 valence electrons. The minimum atomic E-state index is -0.503. The van der Waals surface area contributed by atoms with Crippen LogP contribution in [0.1, 0.15) is 21.5 Å². The van der Waals surface area contributed by atoms with Gasteiger partial charge in [0.05, 0.1) is 5.56 Å². The number of hydrogen-bond acceptors (Lipinski definition) is 2. The molecular weight excluding hydrogens is 238 g/mol. The van der Waals surface area contributed by atoms with Gasteiger partial charge in [0.25, 0.3) is 0 Å². The average Bonchev–Trinajstić information content (AvgIpc) is 2.48. The van der Waals surface area contributed by atoms with Crippen LogP contribution in [0.3, 0.4) is 0 Å². The first-order chi connectivity index (χ1) is 8.65.